The zero-order valence-electron chi connectivity index (χ0n) is 16.6. The molecule has 6 nitrogen and oxygen atoms in total. The maximum Gasteiger partial charge on any atom is 0.347 e. The fraction of sp³-hybridized carbons (Fsp3) is 0.167. The number of benzene rings is 3. The highest BCUT2D eigenvalue weighted by Crippen LogP contribution is 2.28. The summed E-state index contributed by atoms with van der Waals surface area (Å²) in [5, 5.41) is 2.68. The van der Waals surface area contributed by atoms with Crippen molar-refractivity contribution in [3.05, 3.63) is 82.7 Å². The van der Waals surface area contributed by atoms with Gasteiger partial charge in [0, 0.05) is 17.0 Å². The molecule has 3 aromatic carbocycles. The largest absolute Gasteiger partial charge is 0.497 e. The molecule has 4 rings (SSSR count). The highest BCUT2D eigenvalue weighted by atomic mass is 16.6. The number of methoxy groups -OCH3 is 1. The summed E-state index contributed by atoms with van der Waals surface area (Å²) in [5.74, 6) is 0.684. The van der Waals surface area contributed by atoms with Crippen LogP contribution in [0.25, 0.3) is 21.7 Å². The van der Waals surface area contributed by atoms with Crippen molar-refractivity contribution in [2.45, 2.75) is 19.6 Å². The maximum absolute atomic E-state index is 12.5. The van der Waals surface area contributed by atoms with Crippen molar-refractivity contribution in [1.29, 1.82) is 0 Å². The second-order valence-electron chi connectivity index (χ2n) is 6.79. The number of carbonyl (C=O) groups excluding carboxylic acids is 1. The minimum absolute atomic E-state index is 0.0642. The van der Waals surface area contributed by atoms with Crippen molar-refractivity contribution in [3.8, 4) is 11.5 Å². The van der Waals surface area contributed by atoms with Crippen LogP contribution in [0, 0.1) is 0 Å². The summed E-state index contributed by atoms with van der Waals surface area (Å²) in [4.78, 5) is 24.4. The molecule has 1 heterocycles. The third-order valence-corrected chi connectivity index (χ3v) is 4.79. The summed E-state index contributed by atoms with van der Waals surface area (Å²) in [6.07, 6.45) is -0.818. The summed E-state index contributed by atoms with van der Waals surface area (Å²) >= 11 is 0. The lowest BCUT2D eigenvalue weighted by Crippen LogP contribution is -2.26. The van der Waals surface area contributed by atoms with Crippen molar-refractivity contribution in [2.75, 3.05) is 7.11 Å². The number of ether oxygens (including phenoxy) is 3. The third-order valence-electron chi connectivity index (χ3n) is 4.79. The highest BCUT2D eigenvalue weighted by molar-refractivity contribution is 6.07. The molecule has 0 aliphatic carbocycles. The monoisotopic (exact) mass is 404 g/mol. The average Bonchev–Trinajstić information content (AvgIpc) is 2.77. The van der Waals surface area contributed by atoms with Crippen molar-refractivity contribution in [3.63, 3.8) is 0 Å². The van der Waals surface area contributed by atoms with E-state index in [2.05, 4.69) is 0 Å². The highest BCUT2D eigenvalue weighted by Gasteiger charge is 2.18. The lowest BCUT2D eigenvalue weighted by molar-refractivity contribution is -0.152. The topological polar surface area (TPSA) is 75.0 Å². The van der Waals surface area contributed by atoms with Crippen LogP contribution in [0.3, 0.4) is 0 Å². The van der Waals surface area contributed by atoms with Gasteiger partial charge < -0.3 is 18.6 Å². The summed E-state index contributed by atoms with van der Waals surface area (Å²) in [6.45, 7) is 1.55. The van der Waals surface area contributed by atoms with Crippen LogP contribution in [0.4, 0.5) is 0 Å². The molecule has 1 aromatic heterocycles. The Bertz CT molecular complexity index is 1260. The normalized spacial score (nSPS) is 11.9. The molecule has 0 radical (unpaired) electrons. The van der Waals surface area contributed by atoms with E-state index >= 15 is 0 Å². The molecule has 152 valence electrons. The molecule has 0 fully saturated rings. The van der Waals surface area contributed by atoms with Gasteiger partial charge in [0.05, 0.1) is 7.11 Å². The Morgan fingerprint density at radius 1 is 1.00 bits per heavy atom. The van der Waals surface area contributed by atoms with Crippen LogP contribution in [0.2, 0.25) is 0 Å². The van der Waals surface area contributed by atoms with Gasteiger partial charge in [0.25, 0.3) is 0 Å². The predicted octanol–water partition coefficient (Wildman–Crippen LogP) is 4.47. The maximum atomic E-state index is 12.5. The smallest absolute Gasteiger partial charge is 0.347 e. The van der Waals surface area contributed by atoms with Crippen molar-refractivity contribution in [1.82, 2.24) is 0 Å². The molecule has 30 heavy (non-hydrogen) atoms. The Kier molecular flexibility index (Phi) is 5.39. The molecule has 6 heteroatoms. The predicted molar refractivity (Wildman–Crippen MR) is 113 cm³/mol. The minimum Gasteiger partial charge on any atom is -0.497 e. The second-order valence-corrected chi connectivity index (χ2v) is 6.79. The van der Waals surface area contributed by atoms with Gasteiger partial charge in [-0.1, -0.05) is 30.3 Å². The zero-order chi connectivity index (χ0) is 21.1. The molecule has 0 aliphatic rings. The second kappa shape index (κ2) is 8.29. The van der Waals surface area contributed by atoms with Gasteiger partial charge in [0.2, 0.25) is 0 Å². The lowest BCUT2D eigenvalue weighted by Gasteiger charge is -2.15. The van der Waals surface area contributed by atoms with E-state index in [9.17, 15) is 9.59 Å². The van der Waals surface area contributed by atoms with Gasteiger partial charge in [0.1, 0.15) is 23.7 Å². The van der Waals surface area contributed by atoms with Crippen molar-refractivity contribution in [2.24, 2.45) is 0 Å². The SMILES string of the molecule is COc1ccc(OC(C)C(=O)OCc2cc(=O)oc3ccc4ccccc4c23)cc1. The van der Waals surface area contributed by atoms with E-state index in [-0.39, 0.29) is 6.61 Å². The quantitative estimate of drug-likeness (QED) is 0.268. The van der Waals surface area contributed by atoms with Gasteiger partial charge in [-0.25, -0.2) is 9.59 Å². The Labute approximate surface area is 172 Å². The lowest BCUT2D eigenvalue weighted by atomic mass is 10.0. The van der Waals surface area contributed by atoms with E-state index in [1.165, 1.54) is 6.07 Å². The fourth-order valence-corrected chi connectivity index (χ4v) is 3.31. The first-order valence-corrected chi connectivity index (χ1v) is 9.47. The van der Waals surface area contributed by atoms with E-state index in [1.54, 1.807) is 44.4 Å². The third kappa shape index (κ3) is 3.98. The molecular weight excluding hydrogens is 384 g/mol. The van der Waals surface area contributed by atoms with E-state index in [0.717, 1.165) is 16.2 Å². The average molecular weight is 404 g/mol. The minimum atomic E-state index is -0.818. The number of esters is 1. The molecule has 4 aromatic rings. The molecular formula is C24H20O6. The molecule has 0 amide bonds. The van der Waals surface area contributed by atoms with E-state index in [1.807, 2.05) is 30.3 Å². The molecule has 0 bridgehead atoms. The van der Waals surface area contributed by atoms with Gasteiger partial charge in [-0.2, -0.15) is 0 Å². The number of rotatable bonds is 6. The van der Waals surface area contributed by atoms with E-state index < -0.39 is 17.7 Å². The van der Waals surface area contributed by atoms with Gasteiger partial charge in [-0.15, -0.1) is 0 Å². The molecule has 0 aliphatic heterocycles. The van der Waals surface area contributed by atoms with Crippen molar-refractivity contribution >= 4 is 27.7 Å². The van der Waals surface area contributed by atoms with E-state index in [0.29, 0.717) is 22.6 Å². The van der Waals surface area contributed by atoms with Crippen LogP contribution in [0.5, 0.6) is 11.5 Å². The Morgan fingerprint density at radius 2 is 1.73 bits per heavy atom. The number of fused-ring (bicyclic) bond motifs is 3. The Balaban J connectivity index is 1.54. The molecule has 0 spiro atoms. The van der Waals surface area contributed by atoms with Gasteiger partial charge in [-0.05, 0) is 48.0 Å². The molecule has 0 saturated carbocycles. The van der Waals surface area contributed by atoms with Gasteiger partial charge in [-0.3, -0.25) is 0 Å². The Hall–Kier alpha value is -3.80. The summed E-state index contributed by atoms with van der Waals surface area (Å²) in [7, 11) is 1.58. The zero-order valence-corrected chi connectivity index (χ0v) is 16.6. The number of hydrogen-bond donors (Lipinski definition) is 0. The van der Waals surface area contributed by atoms with Gasteiger partial charge >= 0.3 is 11.6 Å². The van der Waals surface area contributed by atoms with Crippen LogP contribution in [-0.4, -0.2) is 19.2 Å². The van der Waals surface area contributed by atoms with E-state index in [4.69, 9.17) is 18.6 Å². The first-order chi connectivity index (χ1) is 14.5. The molecule has 1 atom stereocenters. The number of hydrogen-bond acceptors (Lipinski definition) is 6. The van der Waals surface area contributed by atoms with Gasteiger partial charge in [0.15, 0.2) is 6.10 Å². The molecule has 0 N–H and O–H groups in total. The Morgan fingerprint density at radius 3 is 2.50 bits per heavy atom. The van der Waals surface area contributed by atoms with Crippen LogP contribution >= 0.6 is 0 Å². The van der Waals surface area contributed by atoms with Crippen LogP contribution in [0.1, 0.15) is 12.5 Å². The first-order valence-electron chi connectivity index (χ1n) is 9.47. The first kappa shape index (κ1) is 19.5. The van der Waals surface area contributed by atoms with Crippen LogP contribution < -0.4 is 15.1 Å². The van der Waals surface area contributed by atoms with Crippen molar-refractivity contribution < 1.29 is 23.4 Å². The molecule has 0 saturated heterocycles. The molecule has 1 unspecified atom stereocenters. The van der Waals surface area contributed by atoms with Crippen LogP contribution in [-0.2, 0) is 16.1 Å². The standard InChI is InChI=1S/C24H20O6/c1-15(29-19-10-8-18(27-2)9-11-19)24(26)28-14-17-13-22(25)30-21-12-7-16-5-3-4-6-20(16)23(17)21/h3-13,15H,14H2,1-2H3. The van der Waals surface area contributed by atoms with Crippen LogP contribution in [0.15, 0.2) is 75.9 Å². The fourth-order valence-electron chi connectivity index (χ4n) is 3.31. The summed E-state index contributed by atoms with van der Waals surface area (Å²) < 4.78 is 21.5. The summed E-state index contributed by atoms with van der Waals surface area (Å²) in [5.41, 5.74) is 0.546. The number of carbonyl (C=O) groups is 1. The summed E-state index contributed by atoms with van der Waals surface area (Å²) in [6, 6.07) is 19.7.